The molecule has 1 aliphatic rings. The van der Waals surface area contributed by atoms with Crippen molar-refractivity contribution in [3.8, 4) is 5.75 Å². The highest BCUT2D eigenvalue weighted by Gasteiger charge is 2.25. The van der Waals surface area contributed by atoms with Gasteiger partial charge < -0.3 is 10.1 Å². The number of nitrogens with zero attached hydrogens (tertiary/aromatic N) is 1. The summed E-state index contributed by atoms with van der Waals surface area (Å²) in [6.45, 7) is 2.66. The molecule has 1 saturated heterocycles. The van der Waals surface area contributed by atoms with E-state index in [1.165, 1.54) is 40.7 Å². The maximum Gasteiger partial charge on any atom is 0.265 e. The van der Waals surface area contributed by atoms with Crippen LogP contribution in [0.15, 0.2) is 53.4 Å². The fourth-order valence-electron chi connectivity index (χ4n) is 3.16. The SMILES string of the molecule is C[C@H](Oc1ccc(F)cc1)C(=O)Nc1ccc(S(=O)(=O)N2CCCCCC2)cc1. The summed E-state index contributed by atoms with van der Waals surface area (Å²) in [5.41, 5.74) is 0.472. The molecule has 0 aromatic heterocycles. The first-order valence-electron chi connectivity index (χ1n) is 9.69. The lowest BCUT2D eigenvalue weighted by molar-refractivity contribution is -0.122. The van der Waals surface area contributed by atoms with Gasteiger partial charge in [-0.2, -0.15) is 4.31 Å². The van der Waals surface area contributed by atoms with Gasteiger partial charge >= 0.3 is 0 Å². The van der Waals surface area contributed by atoms with Gasteiger partial charge in [0.1, 0.15) is 11.6 Å². The predicted molar refractivity (Wildman–Crippen MR) is 109 cm³/mol. The highest BCUT2D eigenvalue weighted by molar-refractivity contribution is 7.89. The van der Waals surface area contributed by atoms with Crippen LogP contribution in [0.3, 0.4) is 0 Å². The van der Waals surface area contributed by atoms with Crippen molar-refractivity contribution in [2.45, 2.75) is 43.6 Å². The van der Waals surface area contributed by atoms with Gasteiger partial charge in [-0.3, -0.25) is 4.79 Å². The summed E-state index contributed by atoms with van der Waals surface area (Å²) >= 11 is 0. The van der Waals surface area contributed by atoms with E-state index in [0.29, 0.717) is 24.5 Å². The van der Waals surface area contributed by atoms with Crippen LogP contribution in [0.1, 0.15) is 32.6 Å². The van der Waals surface area contributed by atoms with E-state index in [9.17, 15) is 17.6 Å². The standard InChI is InChI=1S/C21H25FN2O4S/c1-16(28-19-10-6-17(22)7-11-19)21(25)23-18-8-12-20(13-9-18)29(26,27)24-14-4-2-3-5-15-24/h6-13,16H,2-5,14-15H2,1H3,(H,23,25)/t16-/m0/s1. The molecule has 0 unspecified atom stereocenters. The predicted octanol–water partition coefficient (Wildman–Crippen LogP) is 3.80. The van der Waals surface area contributed by atoms with Gasteiger partial charge in [-0.25, -0.2) is 12.8 Å². The Bertz CT molecular complexity index is 922. The molecule has 0 aliphatic carbocycles. The fraction of sp³-hybridized carbons (Fsp3) is 0.381. The number of rotatable bonds is 6. The van der Waals surface area contributed by atoms with Gasteiger partial charge in [-0.05, 0) is 68.3 Å². The number of sulfonamides is 1. The van der Waals surface area contributed by atoms with E-state index in [1.54, 1.807) is 19.1 Å². The molecule has 29 heavy (non-hydrogen) atoms. The van der Waals surface area contributed by atoms with E-state index in [-0.39, 0.29) is 10.7 Å². The van der Waals surface area contributed by atoms with E-state index >= 15 is 0 Å². The van der Waals surface area contributed by atoms with Crippen molar-refractivity contribution in [2.24, 2.45) is 0 Å². The third kappa shape index (κ3) is 5.55. The summed E-state index contributed by atoms with van der Waals surface area (Å²) in [6, 6.07) is 11.5. The lowest BCUT2D eigenvalue weighted by atomic mass is 10.2. The zero-order valence-electron chi connectivity index (χ0n) is 16.3. The Morgan fingerprint density at radius 3 is 2.17 bits per heavy atom. The van der Waals surface area contributed by atoms with E-state index in [4.69, 9.17) is 4.74 Å². The number of anilines is 1. The second-order valence-corrected chi connectivity index (χ2v) is 8.98. The highest BCUT2D eigenvalue weighted by Crippen LogP contribution is 2.22. The second-order valence-electron chi connectivity index (χ2n) is 7.05. The Labute approximate surface area is 170 Å². The van der Waals surface area contributed by atoms with Crippen LogP contribution < -0.4 is 10.1 Å². The van der Waals surface area contributed by atoms with E-state index in [2.05, 4.69) is 5.32 Å². The minimum atomic E-state index is -3.53. The number of carbonyl (C=O) groups excluding carboxylic acids is 1. The molecule has 3 rings (SSSR count). The molecule has 0 bridgehead atoms. The number of ether oxygens (including phenoxy) is 1. The van der Waals surface area contributed by atoms with E-state index < -0.39 is 22.0 Å². The van der Waals surface area contributed by atoms with Gasteiger partial charge in [-0.1, -0.05) is 12.8 Å². The maximum absolute atomic E-state index is 12.9. The number of hydrogen-bond acceptors (Lipinski definition) is 4. The summed E-state index contributed by atoms with van der Waals surface area (Å²) in [5.74, 6) is -0.393. The second kappa shape index (κ2) is 9.37. The molecule has 1 atom stereocenters. The van der Waals surface area contributed by atoms with Gasteiger partial charge in [0, 0.05) is 18.8 Å². The summed E-state index contributed by atoms with van der Waals surface area (Å²) < 4.78 is 45.6. The zero-order chi connectivity index (χ0) is 20.9. The van der Waals surface area contributed by atoms with Crippen molar-refractivity contribution in [3.05, 3.63) is 54.3 Å². The van der Waals surface area contributed by atoms with Gasteiger partial charge in [-0.15, -0.1) is 0 Å². The van der Waals surface area contributed by atoms with Crippen LogP contribution in [0.2, 0.25) is 0 Å². The zero-order valence-corrected chi connectivity index (χ0v) is 17.1. The molecule has 0 radical (unpaired) electrons. The lowest BCUT2D eigenvalue weighted by Crippen LogP contribution is -2.32. The Kier molecular flexibility index (Phi) is 6.87. The molecule has 0 spiro atoms. The van der Waals surface area contributed by atoms with Crippen LogP contribution in [-0.4, -0.2) is 37.8 Å². The number of carbonyl (C=O) groups is 1. The number of halogens is 1. The first kappa shape index (κ1) is 21.3. The van der Waals surface area contributed by atoms with E-state index in [1.807, 2.05) is 0 Å². The van der Waals surface area contributed by atoms with Crippen LogP contribution in [0.25, 0.3) is 0 Å². The Morgan fingerprint density at radius 2 is 1.59 bits per heavy atom. The molecule has 6 nitrogen and oxygen atoms in total. The number of benzene rings is 2. The Hall–Kier alpha value is -2.45. The summed E-state index contributed by atoms with van der Waals surface area (Å²) in [5, 5.41) is 2.70. The first-order chi connectivity index (χ1) is 13.9. The first-order valence-corrected chi connectivity index (χ1v) is 11.1. The van der Waals surface area contributed by atoms with Crippen molar-refractivity contribution in [1.29, 1.82) is 0 Å². The topological polar surface area (TPSA) is 75.7 Å². The minimum Gasteiger partial charge on any atom is -0.481 e. The third-order valence-corrected chi connectivity index (χ3v) is 6.73. The summed E-state index contributed by atoms with van der Waals surface area (Å²) in [4.78, 5) is 12.5. The monoisotopic (exact) mass is 420 g/mol. The quantitative estimate of drug-likeness (QED) is 0.771. The van der Waals surface area contributed by atoms with Crippen molar-refractivity contribution in [1.82, 2.24) is 4.31 Å². The fourth-order valence-corrected chi connectivity index (χ4v) is 4.67. The normalized spacial score (nSPS) is 16.6. The van der Waals surface area contributed by atoms with Gasteiger partial charge in [0.25, 0.3) is 5.91 Å². The molecule has 0 saturated carbocycles. The molecule has 2 aromatic carbocycles. The molecule has 8 heteroatoms. The highest BCUT2D eigenvalue weighted by atomic mass is 32.2. The van der Waals surface area contributed by atoms with E-state index in [0.717, 1.165) is 25.7 Å². The average molecular weight is 421 g/mol. The number of nitrogens with one attached hydrogen (secondary N) is 1. The van der Waals surface area contributed by atoms with Crippen molar-refractivity contribution >= 4 is 21.6 Å². The minimum absolute atomic E-state index is 0.216. The molecule has 1 aliphatic heterocycles. The molecule has 1 fully saturated rings. The largest absolute Gasteiger partial charge is 0.481 e. The molecule has 1 amide bonds. The molecular formula is C21H25FN2O4S. The van der Waals surface area contributed by atoms with Gasteiger partial charge in [0.15, 0.2) is 6.10 Å². The van der Waals surface area contributed by atoms with Crippen molar-refractivity contribution in [2.75, 3.05) is 18.4 Å². The molecule has 2 aromatic rings. The van der Waals surface area contributed by atoms with Crippen molar-refractivity contribution < 1.29 is 22.3 Å². The third-order valence-electron chi connectivity index (χ3n) is 4.82. The van der Waals surface area contributed by atoms with Crippen LogP contribution in [0, 0.1) is 5.82 Å². The lowest BCUT2D eigenvalue weighted by Gasteiger charge is -2.20. The van der Waals surface area contributed by atoms with Gasteiger partial charge in [0.05, 0.1) is 4.90 Å². The number of hydrogen-bond donors (Lipinski definition) is 1. The smallest absolute Gasteiger partial charge is 0.265 e. The molecule has 1 heterocycles. The van der Waals surface area contributed by atoms with Crippen LogP contribution in [-0.2, 0) is 14.8 Å². The van der Waals surface area contributed by atoms with Crippen LogP contribution >= 0.6 is 0 Å². The maximum atomic E-state index is 12.9. The average Bonchev–Trinajstić information content (AvgIpc) is 3.00. The van der Waals surface area contributed by atoms with Gasteiger partial charge in [0.2, 0.25) is 10.0 Å². The number of amides is 1. The Morgan fingerprint density at radius 1 is 1.00 bits per heavy atom. The Balaban J connectivity index is 1.62. The molecule has 1 N–H and O–H groups in total. The van der Waals surface area contributed by atoms with Crippen LogP contribution in [0.5, 0.6) is 5.75 Å². The summed E-state index contributed by atoms with van der Waals surface area (Å²) in [7, 11) is -3.53. The van der Waals surface area contributed by atoms with Crippen LogP contribution in [0.4, 0.5) is 10.1 Å². The summed E-state index contributed by atoms with van der Waals surface area (Å²) in [6.07, 6.45) is 3.05. The molecule has 156 valence electrons. The molecular weight excluding hydrogens is 395 g/mol. The van der Waals surface area contributed by atoms with Crippen molar-refractivity contribution in [3.63, 3.8) is 0 Å².